The zero-order valence-electron chi connectivity index (χ0n) is 15.3. The molecule has 0 aliphatic heterocycles. The number of nitrogens with two attached hydrogens (primary N) is 1. The molecule has 146 valence electrons. The Morgan fingerprint density at radius 2 is 1.86 bits per heavy atom. The number of hydrogen-bond acceptors (Lipinski definition) is 3. The predicted molar refractivity (Wildman–Crippen MR) is 126 cm³/mol. The normalized spacial score (nSPS) is 25.1. The molecule has 3 unspecified atom stereocenters. The number of aromatic nitrogens is 1. The van der Waals surface area contributed by atoms with E-state index in [9.17, 15) is 0 Å². The fourth-order valence-electron chi connectivity index (χ4n) is 4.03. The first kappa shape index (κ1) is 20.4. The van der Waals surface area contributed by atoms with Crippen molar-refractivity contribution in [3.05, 3.63) is 75.9 Å². The van der Waals surface area contributed by atoms with Gasteiger partial charge in [0.1, 0.15) is 0 Å². The highest BCUT2D eigenvalue weighted by atomic mass is 127. The molecule has 3 nitrogen and oxygen atoms in total. The van der Waals surface area contributed by atoms with E-state index in [2.05, 4.69) is 51.1 Å². The van der Waals surface area contributed by atoms with Gasteiger partial charge >= 0.3 is 0 Å². The molecule has 1 fully saturated rings. The van der Waals surface area contributed by atoms with E-state index in [1.54, 1.807) is 0 Å². The van der Waals surface area contributed by atoms with E-state index in [0.717, 1.165) is 41.7 Å². The van der Waals surface area contributed by atoms with Crippen LogP contribution in [-0.2, 0) is 12.1 Å². The fraction of sp³-hybridized carbons (Fsp3) is 0.318. The van der Waals surface area contributed by atoms with Crippen molar-refractivity contribution in [3.8, 4) is 0 Å². The number of rotatable bonds is 4. The molecule has 28 heavy (non-hydrogen) atoms. The largest absolute Gasteiger partial charge is 0.321 e. The summed E-state index contributed by atoms with van der Waals surface area (Å²) in [6, 6.07) is 16.4. The minimum Gasteiger partial charge on any atom is -0.321 e. The first-order valence-electron chi connectivity index (χ1n) is 9.41. The molecule has 4 rings (SSSR count). The number of nitrogens with zero attached hydrogens (tertiary/aromatic N) is 1. The van der Waals surface area contributed by atoms with Gasteiger partial charge in [0, 0.05) is 38.1 Å². The maximum absolute atomic E-state index is 7.00. The molecule has 1 aromatic heterocycles. The Hall–Kier alpha value is -0.920. The van der Waals surface area contributed by atoms with Gasteiger partial charge in [0.15, 0.2) is 0 Å². The summed E-state index contributed by atoms with van der Waals surface area (Å²) in [7, 11) is 0. The number of pyridine rings is 1. The molecule has 1 saturated carbocycles. The van der Waals surface area contributed by atoms with Gasteiger partial charge in [0.05, 0.1) is 11.1 Å². The van der Waals surface area contributed by atoms with Crippen molar-refractivity contribution in [3.63, 3.8) is 0 Å². The third-order valence-electron chi connectivity index (χ3n) is 5.67. The summed E-state index contributed by atoms with van der Waals surface area (Å²) >= 11 is 14.6. The number of hydrogen-bond donors (Lipinski definition) is 2. The van der Waals surface area contributed by atoms with E-state index in [1.807, 2.05) is 36.5 Å². The molecule has 0 spiro atoms. The monoisotopic (exact) mass is 525 g/mol. The van der Waals surface area contributed by atoms with Crippen molar-refractivity contribution in [2.45, 2.75) is 41.3 Å². The van der Waals surface area contributed by atoms with Crippen LogP contribution in [0.4, 0.5) is 0 Å². The summed E-state index contributed by atoms with van der Waals surface area (Å²) in [5.41, 5.74) is 9.96. The van der Waals surface area contributed by atoms with Crippen LogP contribution >= 0.6 is 45.8 Å². The maximum atomic E-state index is 7.00. The lowest BCUT2D eigenvalue weighted by Crippen LogP contribution is -2.52. The van der Waals surface area contributed by atoms with Crippen molar-refractivity contribution in [2.75, 3.05) is 0 Å². The summed E-state index contributed by atoms with van der Waals surface area (Å²) in [5.74, 6) is 0. The van der Waals surface area contributed by atoms with Crippen LogP contribution in [0, 0.1) is 0 Å². The molecule has 6 heteroatoms. The van der Waals surface area contributed by atoms with Crippen LogP contribution in [0.1, 0.15) is 30.4 Å². The molecule has 0 radical (unpaired) electrons. The third kappa shape index (κ3) is 4.17. The number of halogens is 3. The van der Waals surface area contributed by atoms with E-state index in [4.69, 9.17) is 28.9 Å². The lowest BCUT2D eigenvalue weighted by Gasteiger charge is -2.42. The topological polar surface area (TPSA) is 50.9 Å². The first-order valence-corrected chi connectivity index (χ1v) is 11.4. The molecule has 2 aromatic carbocycles. The van der Waals surface area contributed by atoms with E-state index in [1.165, 1.54) is 11.1 Å². The second kappa shape index (κ2) is 8.44. The van der Waals surface area contributed by atoms with E-state index in [0.29, 0.717) is 15.0 Å². The van der Waals surface area contributed by atoms with Crippen molar-refractivity contribution >= 4 is 56.7 Å². The highest BCUT2D eigenvalue weighted by Crippen LogP contribution is 2.42. The van der Waals surface area contributed by atoms with Crippen LogP contribution in [0.25, 0.3) is 10.9 Å². The van der Waals surface area contributed by atoms with Gasteiger partial charge in [-0.25, -0.2) is 0 Å². The minimum absolute atomic E-state index is 0.322. The summed E-state index contributed by atoms with van der Waals surface area (Å²) in [6.07, 6.45) is 4.85. The number of fused-ring (bicyclic) bond motifs is 1. The molecular weight excluding hydrogens is 504 g/mol. The van der Waals surface area contributed by atoms with Gasteiger partial charge in [-0.3, -0.25) is 4.98 Å². The number of alkyl halides is 1. The average molecular weight is 526 g/mol. The predicted octanol–water partition coefficient (Wildman–Crippen LogP) is 5.84. The molecule has 0 saturated heterocycles. The highest BCUT2D eigenvalue weighted by Gasteiger charge is 2.41. The zero-order chi connectivity index (χ0) is 19.7. The molecule has 3 atom stereocenters. The van der Waals surface area contributed by atoms with Crippen molar-refractivity contribution in [2.24, 2.45) is 5.73 Å². The van der Waals surface area contributed by atoms with E-state index < -0.39 is 0 Å². The first-order chi connectivity index (χ1) is 13.5. The van der Waals surface area contributed by atoms with Crippen LogP contribution < -0.4 is 11.1 Å². The van der Waals surface area contributed by atoms with Gasteiger partial charge in [-0.2, -0.15) is 0 Å². The second-order valence-electron chi connectivity index (χ2n) is 7.51. The summed E-state index contributed by atoms with van der Waals surface area (Å²) in [6.45, 7) is 0.847. The van der Waals surface area contributed by atoms with Gasteiger partial charge in [-0.1, -0.05) is 64.0 Å². The Labute approximate surface area is 189 Å². The summed E-state index contributed by atoms with van der Waals surface area (Å²) in [4.78, 5) is 4.47. The molecule has 1 aliphatic carbocycles. The standard InChI is InChI=1S/C22H22Cl2IN3/c23-15-3-1-14(2-4-15)13-28-17-7-9-22(26,21(25)12-17)19-8-10-27-20-11-16(24)5-6-18(19)20/h1-6,8,10-11,17,21,28H,7,9,12-13,26H2. The highest BCUT2D eigenvalue weighted by molar-refractivity contribution is 14.1. The quantitative estimate of drug-likeness (QED) is 0.332. The van der Waals surface area contributed by atoms with Crippen molar-refractivity contribution < 1.29 is 0 Å². The number of nitrogens with one attached hydrogen (secondary N) is 1. The molecule has 0 amide bonds. The van der Waals surface area contributed by atoms with Crippen LogP contribution in [0.3, 0.4) is 0 Å². The van der Waals surface area contributed by atoms with Crippen LogP contribution in [0.15, 0.2) is 54.7 Å². The van der Waals surface area contributed by atoms with Crippen LogP contribution in [0.5, 0.6) is 0 Å². The van der Waals surface area contributed by atoms with Gasteiger partial charge < -0.3 is 11.1 Å². The molecular formula is C22H22Cl2IN3. The second-order valence-corrected chi connectivity index (χ2v) is 9.88. The smallest absolute Gasteiger partial charge is 0.0720 e. The summed E-state index contributed by atoms with van der Waals surface area (Å²) < 4.78 is 0.322. The Morgan fingerprint density at radius 3 is 2.61 bits per heavy atom. The molecule has 3 aromatic rings. The Morgan fingerprint density at radius 1 is 1.11 bits per heavy atom. The summed E-state index contributed by atoms with van der Waals surface area (Å²) in [5, 5.41) is 6.26. The Kier molecular flexibility index (Phi) is 6.14. The van der Waals surface area contributed by atoms with Gasteiger partial charge in [0.25, 0.3) is 0 Å². The fourth-order valence-corrected chi connectivity index (χ4v) is 5.58. The van der Waals surface area contributed by atoms with E-state index >= 15 is 0 Å². The molecule has 1 heterocycles. The molecule has 1 aliphatic rings. The van der Waals surface area contributed by atoms with Crippen molar-refractivity contribution in [1.29, 1.82) is 0 Å². The minimum atomic E-state index is -0.367. The molecule has 0 bridgehead atoms. The maximum Gasteiger partial charge on any atom is 0.0720 e. The van der Waals surface area contributed by atoms with Gasteiger partial charge in [0.2, 0.25) is 0 Å². The van der Waals surface area contributed by atoms with Crippen molar-refractivity contribution in [1.82, 2.24) is 10.3 Å². The van der Waals surface area contributed by atoms with Crippen LogP contribution in [-0.4, -0.2) is 15.0 Å². The van der Waals surface area contributed by atoms with E-state index in [-0.39, 0.29) is 5.54 Å². The lowest BCUT2D eigenvalue weighted by atomic mass is 9.74. The lowest BCUT2D eigenvalue weighted by molar-refractivity contribution is 0.271. The third-order valence-corrected chi connectivity index (χ3v) is 7.78. The Balaban J connectivity index is 1.49. The van der Waals surface area contributed by atoms with Gasteiger partial charge in [-0.15, -0.1) is 0 Å². The van der Waals surface area contributed by atoms with Gasteiger partial charge in [-0.05, 0) is 60.7 Å². The van der Waals surface area contributed by atoms with Crippen LogP contribution in [0.2, 0.25) is 10.0 Å². The Bertz CT molecular complexity index is 979. The zero-order valence-corrected chi connectivity index (χ0v) is 19.0. The average Bonchev–Trinajstić information content (AvgIpc) is 2.69. The molecule has 3 N–H and O–H groups in total. The number of benzene rings is 2. The SMILES string of the molecule is NC1(c2ccnc3cc(Cl)ccc23)CCC(NCc2ccc(Cl)cc2)CC1I.